The van der Waals surface area contributed by atoms with Crippen LogP contribution in [0.4, 0.5) is 0 Å². The lowest BCUT2D eigenvalue weighted by atomic mass is 9.77. The normalized spacial score (nSPS) is 23.8. The Bertz CT molecular complexity index is 413. The third-order valence-corrected chi connectivity index (χ3v) is 4.11. The number of carbonyl (C=O) groups excluding carboxylic acids is 1. The molecule has 0 aromatic carbocycles. The van der Waals surface area contributed by atoms with E-state index in [9.17, 15) is 4.79 Å². The number of carbonyl (C=O) groups is 1. The molecule has 0 radical (unpaired) electrons. The summed E-state index contributed by atoms with van der Waals surface area (Å²) in [7, 11) is 0. The van der Waals surface area contributed by atoms with E-state index in [0.717, 1.165) is 6.54 Å². The quantitative estimate of drug-likeness (QED) is 0.863. The van der Waals surface area contributed by atoms with E-state index in [2.05, 4.69) is 29.6 Å². The summed E-state index contributed by atoms with van der Waals surface area (Å²) < 4.78 is 1.68. The molecule has 2 unspecified atom stereocenters. The number of amides is 1. The summed E-state index contributed by atoms with van der Waals surface area (Å²) in [6.07, 6.45) is 5.92. The van der Waals surface area contributed by atoms with Crippen LogP contribution in [0.25, 0.3) is 0 Å². The van der Waals surface area contributed by atoms with Crippen LogP contribution in [0.3, 0.4) is 0 Å². The first kappa shape index (κ1) is 14.1. The number of piperidine rings is 1. The molecule has 2 heterocycles. The van der Waals surface area contributed by atoms with Gasteiger partial charge in [0.2, 0.25) is 5.91 Å². The third-order valence-electron chi connectivity index (χ3n) is 4.11. The van der Waals surface area contributed by atoms with Crippen LogP contribution in [0.1, 0.15) is 39.7 Å². The molecule has 106 valence electrons. The molecule has 0 saturated carbocycles. The number of hydrogen-bond acceptors (Lipinski definition) is 3. The van der Waals surface area contributed by atoms with Gasteiger partial charge in [-0.25, -0.2) is 0 Å². The zero-order valence-electron chi connectivity index (χ0n) is 12.0. The Balaban J connectivity index is 1.86. The summed E-state index contributed by atoms with van der Waals surface area (Å²) in [5, 5.41) is 10.6. The molecule has 1 aromatic heterocycles. The summed E-state index contributed by atoms with van der Waals surface area (Å²) in [6, 6.07) is 1.91. The van der Waals surface area contributed by atoms with Crippen molar-refractivity contribution in [2.45, 2.75) is 45.7 Å². The predicted molar refractivity (Wildman–Crippen MR) is 74.8 cm³/mol. The molecule has 2 rings (SSSR count). The van der Waals surface area contributed by atoms with Crippen LogP contribution in [0.5, 0.6) is 0 Å². The van der Waals surface area contributed by atoms with E-state index in [0.29, 0.717) is 12.6 Å². The Morgan fingerprint density at radius 1 is 1.63 bits per heavy atom. The Kier molecular flexibility index (Phi) is 4.24. The smallest absolute Gasteiger partial charge is 0.244 e. The van der Waals surface area contributed by atoms with Crippen LogP contribution in [0.15, 0.2) is 18.5 Å². The minimum absolute atomic E-state index is 0.0203. The van der Waals surface area contributed by atoms with E-state index in [1.807, 2.05) is 19.2 Å². The van der Waals surface area contributed by atoms with Crippen LogP contribution in [0, 0.1) is 5.41 Å². The number of nitrogens with one attached hydrogen (secondary N) is 2. The van der Waals surface area contributed by atoms with Crippen molar-refractivity contribution >= 4 is 5.91 Å². The molecular formula is C14H24N4O. The van der Waals surface area contributed by atoms with Crippen molar-refractivity contribution in [2.75, 3.05) is 13.1 Å². The Hall–Kier alpha value is -1.36. The predicted octanol–water partition coefficient (Wildman–Crippen LogP) is 1.34. The van der Waals surface area contributed by atoms with Gasteiger partial charge in [0.15, 0.2) is 0 Å². The highest BCUT2D eigenvalue weighted by molar-refractivity contribution is 5.79. The number of nitrogens with zero attached hydrogens (tertiary/aromatic N) is 2. The molecule has 1 saturated heterocycles. The van der Waals surface area contributed by atoms with Crippen LogP contribution >= 0.6 is 0 Å². The first-order valence-electron chi connectivity index (χ1n) is 7.01. The molecule has 19 heavy (non-hydrogen) atoms. The van der Waals surface area contributed by atoms with Crippen LogP contribution in [-0.2, 0) is 4.79 Å². The van der Waals surface area contributed by atoms with Gasteiger partial charge < -0.3 is 10.6 Å². The lowest BCUT2D eigenvalue weighted by Gasteiger charge is -2.39. The van der Waals surface area contributed by atoms with Gasteiger partial charge in [-0.3, -0.25) is 9.48 Å². The first-order chi connectivity index (χ1) is 9.00. The van der Waals surface area contributed by atoms with E-state index >= 15 is 0 Å². The minimum Gasteiger partial charge on any atom is -0.353 e. The summed E-state index contributed by atoms with van der Waals surface area (Å²) >= 11 is 0. The van der Waals surface area contributed by atoms with E-state index in [4.69, 9.17) is 0 Å². The van der Waals surface area contributed by atoms with Crippen molar-refractivity contribution in [3.63, 3.8) is 0 Å². The Labute approximate surface area is 114 Å². The summed E-state index contributed by atoms with van der Waals surface area (Å²) in [5.74, 6) is 0.0203. The van der Waals surface area contributed by atoms with Gasteiger partial charge >= 0.3 is 0 Å². The monoisotopic (exact) mass is 264 g/mol. The van der Waals surface area contributed by atoms with Gasteiger partial charge in [0, 0.05) is 25.0 Å². The maximum Gasteiger partial charge on any atom is 0.244 e. The fourth-order valence-electron chi connectivity index (χ4n) is 2.60. The summed E-state index contributed by atoms with van der Waals surface area (Å²) in [4.78, 5) is 12.1. The molecule has 0 bridgehead atoms. The molecule has 1 aromatic rings. The summed E-state index contributed by atoms with van der Waals surface area (Å²) in [6.45, 7) is 8.09. The van der Waals surface area contributed by atoms with E-state index in [1.165, 1.54) is 12.8 Å². The average Bonchev–Trinajstić information content (AvgIpc) is 2.89. The SMILES string of the molecule is CC(C(=O)NCC1NCCCC1(C)C)n1cccn1. The minimum atomic E-state index is -0.262. The second-order valence-electron chi connectivity index (χ2n) is 6.01. The molecule has 1 amide bonds. The lowest BCUT2D eigenvalue weighted by Crippen LogP contribution is -2.53. The first-order valence-corrected chi connectivity index (χ1v) is 7.01. The zero-order chi connectivity index (χ0) is 13.9. The van der Waals surface area contributed by atoms with Gasteiger partial charge in [0.25, 0.3) is 0 Å². The largest absolute Gasteiger partial charge is 0.353 e. The van der Waals surface area contributed by atoms with E-state index in [1.54, 1.807) is 10.9 Å². The molecule has 0 aliphatic carbocycles. The highest BCUT2D eigenvalue weighted by Crippen LogP contribution is 2.29. The highest BCUT2D eigenvalue weighted by atomic mass is 16.2. The topological polar surface area (TPSA) is 59.0 Å². The van der Waals surface area contributed by atoms with Crippen LogP contribution in [0.2, 0.25) is 0 Å². The number of hydrogen-bond donors (Lipinski definition) is 2. The van der Waals surface area contributed by atoms with Gasteiger partial charge in [-0.1, -0.05) is 13.8 Å². The van der Waals surface area contributed by atoms with Crippen molar-refractivity contribution < 1.29 is 4.79 Å². The standard InChI is InChI=1S/C14H24N4O/c1-11(18-9-5-8-17-18)13(19)16-10-12-14(2,3)6-4-7-15-12/h5,8-9,11-12,15H,4,6-7,10H2,1-3H3,(H,16,19). The van der Waals surface area contributed by atoms with Gasteiger partial charge in [0.05, 0.1) is 0 Å². The molecule has 5 heteroatoms. The van der Waals surface area contributed by atoms with Crippen molar-refractivity contribution in [3.8, 4) is 0 Å². The molecule has 2 atom stereocenters. The van der Waals surface area contributed by atoms with Crippen molar-refractivity contribution in [3.05, 3.63) is 18.5 Å². The van der Waals surface area contributed by atoms with Crippen LogP contribution in [-0.4, -0.2) is 34.8 Å². The van der Waals surface area contributed by atoms with Crippen molar-refractivity contribution in [1.29, 1.82) is 0 Å². The van der Waals surface area contributed by atoms with Crippen molar-refractivity contribution in [2.24, 2.45) is 5.41 Å². The molecule has 5 nitrogen and oxygen atoms in total. The maximum absolute atomic E-state index is 12.1. The molecule has 2 N–H and O–H groups in total. The van der Waals surface area contributed by atoms with Crippen LogP contribution < -0.4 is 10.6 Å². The number of aromatic nitrogens is 2. The molecule has 1 fully saturated rings. The summed E-state index contributed by atoms with van der Waals surface area (Å²) in [5.41, 5.74) is 0.237. The molecule has 0 spiro atoms. The van der Waals surface area contributed by atoms with E-state index in [-0.39, 0.29) is 17.4 Å². The van der Waals surface area contributed by atoms with Gasteiger partial charge in [-0.2, -0.15) is 5.10 Å². The van der Waals surface area contributed by atoms with Crippen molar-refractivity contribution in [1.82, 2.24) is 20.4 Å². The second kappa shape index (κ2) is 5.74. The highest BCUT2D eigenvalue weighted by Gasteiger charge is 2.32. The second-order valence-corrected chi connectivity index (χ2v) is 6.01. The van der Waals surface area contributed by atoms with Gasteiger partial charge in [-0.05, 0) is 37.8 Å². The van der Waals surface area contributed by atoms with Gasteiger partial charge in [0.1, 0.15) is 6.04 Å². The molecular weight excluding hydrogens is 240 g/mol. The van der Waals surface area contributed by atoms with Gasteiger partial charge in [-0.15, -0.1) is 0 Å². The van der Waals surface area contributed by atoms with E-state index < -0.39 is 0 Å². The number of rotatable bonds is 4. The average molecular weight is 264 g/mol. The Morgan fingerprint density at radius 2 is 2.42 bits per heavy atom. The Morgan fingerprint density at radius 3 is 3.05 bits per heavy atom. The molecule has 1 aliphatic heterocycles. The zero-order valence-corrected chi connectivity index (χ0v) is 12.0. The molecule has 1 aliphatic rings. The fourth-order valence-corrected chi connectivity index (χ4v) is 2.60. The maximum atomic E-state index is 12.1. The fraction of sp³-hybridized carbons (Fsp3) is 0.714. The lowest BCUT2D eigenvalue weighted by molar-refractivity contribution is -0.124. The third kappa shape index (κ3) is 3.35.